The minimum absolute atomic E-state index is 1.07. The molecular formula is C18H27NO2. The van der Waals surface area contributed by atoms with Crippen LogP contribution in [0.5, 0.6) is 0 Å². The predicted molar refractivity (Wildman–Crippen MR) is 85.4 cm³/mol. The highest BCUT2D eigenvalue weighted by Gasteiger charge is 1.97. The van der Waals surface area contributed by atoms with Gasteiger partial charge in [-0.1, -0.05) is 12.8 Å². The Bertz CT molecular complexity index is 391. The Hall–Kier alpha value is -1.48. The first-order valence-electron chi connectivity index (χ1n) is 8.20. The molecular weight excluding hydrogens is 262 g/mol. The van der Waals surface area contributed by atoms with Gasteiger partial charge >= 0.3 is 0 Å². The number of hydrogen-bond donors (Lipinski definition) is 1. The van der Waals surface area contributed by atoms with Crippen molar-refractivity contribution in [1.29, 1.82) is 0 Å². The fourth-order valence-corrected chi connectivity index (χ4v) is 2.49. The molecule has 0 amide bonds. The van der Waals surface area contributed by atoms with Crippen molar-refractivity contribution in [1.82, 2.24) is 5.32 Å². The van der Waals surface area contributed by atoms with Crippen LogP contribution in [0.1, 0.15) is 50.0 Å². The molecule has 0 radical (unpaired) electrons. The molecule has 0 spiro atoms. The maximum atomic E-state index is 5.32. The summed E-state index contributed by atoms with van der Waals surface area (Å²) in [6, 6.07) is 8.04. The van der Waals surface area contributed by atoms with Crippen LogP contribution in [0.25, 0.3) is 0 Å². The minimum Gasteiger partial charge on any atom is -0.469 e. The number of nitrogens with one attached hydrogen (secondary N) is 1. The topological polar surface area (TPSA) is 38.3 Å². The molecule has 2 heterocycles. The van der Waals surface area contributed by atoms with Crippen molar-refractivity contribution in [3.8, 4) is 0 Å². The largest absolute Gasteiger partial charge is 0.469 e. The summed E-state index contributed by atoms with van der Waals surface area (Å²) in [4.78, 5) is 0. The van der Waals surface area contributed by atoms with Gasteiger partial charge in [-0.2, -0.15) is 0 Å². The van der Waals surface area contributed by atoms with Crippen LogP contribution in [0.3, 0.4) is 0 Å². The van der Waals surface area contributed by atoms with Crippen molar-refractivity contribution in [3.05, 3.63) is 48.3 Å². The summed E-state index contributed by atoms with van der Waals surface area (Å²) in [5.41, 5.74) is 0. The first kappa shape index (κ1) is 15.9. The summed E-state index contributed by atoms with van der Waals surface area (Å²) in [7, 11) is 0. The van der Waals surface area contributed by atoms with Crippen molar-refractivity contribution >= 4 is 0 Å². The van der Waals surface area contributed by atoms with E-state index in [0.29, 0.717) is 0 Å². The van der Waals surface area contributed by atoms with Crippen molar-refractivity contribution in [2.24, 2.45) is 0 Å². The van der Waals surface area contributed by atoms with E-state index in [9.17, 15) is 0 Å². The standard InChI is InChI=1S/C18H27NO2/c1(3-9-17-11-7-15-20-17)5-13-19-14-6-2-4-10-18-12-8-16-21-18/h7-8,11-12,15-16,19H,1-6,9-10,13-14H2. The maximum absolute atomic E-state index is 5.32. The molecule has 116 valence electrons. The molecule has 2 aromatic rings. The second-order valence-corrected chi connectivity index (χ2v) is 5.53. The molecule has 0 aromatic carbocycles. The Morgan fingerprint density at radius 1 is 0.667 bits per heavy atom. The van der Waals surface area contributed by atoms with Gasteiger partial charge in [0.1, 0.15) is 11.5 Å². The third-order valence-corrected chi connectivity index (χ3v) is 3.71. The lowest BCUT2D eigenvalue weighted by atomic mass is 10.1. The summed E-state index contributed by atoms with van der Waals surface area (Å²) in [5, 5.41) is 3.53. The Kier molecular flexibility index (Phi) is 7.78. The first-order valence-corrected chi connectivity index (χ1v) is 8.20. The van der Waals surface area contributed by atoms with Crippen LogP contribution in [0.4, 0.5) is 0 Å². The third kappa shape index (κ3) is 7.19. The molecule has 0 unspecified atom stereocenters. The van der Waals surface area contributed by atoms with Gasteiger partial charge in [0.25, 0.3) is 0 Å². The van der Waals surface area contributed by atoms with E-state index in [0.717, 1.165) is 37.5 Å². The molecule has 0 aliphatic carbocycles. The molecule has 0 atom stereocenters. The van der Waals surface area contributed by atoms with E-state index in [2.05, 4.69) is 17.4 Å². The molecule has 0 bridgehead atoms. The van der Waals surface area contributed by atoms with Crippen LogP contribution in [0.15, 0.2) is 45.6 Å². The summed E-state index contributed by atoms with van der Waals surface area (Å²) in [5.74, 6) is 2.22. The lowest BCUT2D eigenvalue weighted by molar-refractivity contribution is 0.487. The van der Waals surface area contributed by atoms with Crippen molar-refractivity contribution in [2.75, 3.05) is 13.1 Å². The van der Waals surface area contributed by atoms with E-state index < -0.39 is 0 Å². The smallest absolute Gasteiger partial charge is 0.103 e. The van der Waals surface area contributed by atoms with Crippen LogP contribution < -0.4 is 5.32 Å². The zero-order valence-electron chi connectivity index (χ0n) is 12.9. The van der Waals surface area contributed by atoms with Crippen LogP contribution in [-0.2, 0) is 12.8 Å². The Balaban J connectivity index is 1.31. The Morgan fingerprint density at radius 3 is 1.62 bits per heavy atom. The predicted octanol–water partition coefficient (Wildman–Crippen LogP) is 4.59. The van der Waals surface area contributed by atoms with Crippen LogP contribution in [0, 0.1) is 0 Å². The van der Waals surface area contributed by atoms with E-state index in [4.69, 9.17) is 8.83 Å². The number of furan rings is 2. The van der Waals surface area contributed by atoms with Gasteiger partial charge in [0, 0.05) is 12.8 Å². The maximum Gasteiger partial charge on any atom is 0.103 e. The fraction of sp³-hybridized carbons (Fsp3) is 0.556. The number of rotatable bonds is 12. The second-order valence-electron chi connectivity index (χ2n) is 5.53. The van der Waals surface area contributed by atoms with Crippen molar-refractivity contribution < 1.29 is 8.83 Å². The highest BCUT2D eigenvalue weighted by atomic mass is 16.3. The molecule has 1 N–H and O–H groups in total. The molecule has 0 aliphatic rings. The molecule has 0 fully saturated rings. The molecule has 0 saturated carbocycles. The van der Waals surface area contributed by atoms with Gasteiger partial charge < -0.3 is 14.2 Å². The third-order valence-electron chi connectivity index (χ3n) is 3.71. The zero-order valence-corrected chi connectivity index (χ0v) is 12.9. The van der Waals surface area contributed by atoms with Gasteiger partial charge in [-0.15, -0.1) is 0 Å². The summed E-state index contributed by atoms with van der Waals surface area (Å²) in [6.45, 7) is 2.27. The van der Waals surface area contributed by atoms with Crippen LogP contribution >= 0.6 is 0 Å². The summed E-state index contributed by atoms with van der Waals surface area (Å²) in [6.07, 6.45) is 13.1. The monoisotopic (exact) mass is 289 g/mol. The molecule has 3 heteroatoms. The normalized spacial score (nSPS) is 11.0. The SMILES string of the molecule is c1coc(CCCCCNCCCCCc2ccco2)c1. The van der Waals surface area contributed by atoms with Crippen LogP contribution in [-0.4, -0.2) is 13.1 Å². The van der Waals surface area contributed by atoms with Gasteiger partial charge in [0.05, 0.1) is 12.5 Å². The molecule has 3 nitrogen and oxygen atoms in total. The summed E-state index contributed by atoms with van der Waals surface area (Å²) >= 11 is 0. The molecule has 2 rings (SSSR count). The number of aryl methyl sites for hydroxylation is 2. The summed E-state index contributed by atoms with van der Waals surface area (Å²) < 4.78 is 10.6. The highest BCUT2D eigenvalue weighted by Crippen LogP contribution is 2.07. The Morgan fingerprint density at radius 2 is 1.19 bits per heavy atom. The van der Waals surface area contributed by atoms with Crippen molar-refractivity contribution in [3.63, 3.8) is 0 Å². The second kappa shape index (κ2) is 10.3. The van der Waals surface area contributed by atoms with E-state index in [1.165, 1.54) is 38.5 Å². The average molecular weight is 289 g/mol. The van der Waals surface area contributed by atoms with Gasteiger partial charge in [0.2, 0.25) is 0 Å². The van der Waals surface area contributed by atoms with Gasteiger partial charge in [-0.25, -0.2) is 0 Å². The molecule has 21 heavy (non-hydrogen) atoms. The van der Waals surface area contributed by atoms with Crippen LogP contribution in [0.2, 0.25) is 0 Å². The number of unbranched alkanes of at least 4 members (excludes halogenated alkanes) is 4. The lowest BCUT2D eigenvalue weighted by Gasteiger charge is -2.04. The average Bonchev–Trinajstić information content (AvgIpc) is 3.18. The zero-order chi connectivity index (χ0) is 14.6. The van der Waals surface area contributed by atoms with E-state index in [-0.39, 0.29) is 0 Å². The minimum atomic E-state index is 1.07. The van der Waals surface area contributed by atoms with E-state index in [1.807, 2.05) is 12.1 Å². The van der Waals surface area contributed by atoms with Gasteiger partial charge in [0.15, 0.2) is 0 Å². The van der Waals surface area contributed by atoms with E-state index in [1.54, 1.807) is 12.5 Å². The fourth-order valence-electron chi connectivity index (χ4n) is 2.49. The Labute approximate surface area is 127 Å². The lowest BCUT2D eigenvalue weighted by Crippen LogP contribution is -2.16. The molecule has 2 aromatic heterocycles. The number of hydrogen-bond acceptors (Lipinski definition) is 3. The molecule has 0 saturated heterocycles. The quantitative estimate of drug-likeness (QED) is 0.581. The highest BCUT2D eigenvalue weighted by molar-refractivity contribution is 4.98. The molecule has 0 aliphatic heterocycles. The van der Waals surface area contributed by atoms with E-state index >= 15 is 0 Å². The first-order chi connectivity index (χ1) is 10.4. The van der Waals surface area contributed by atoms with Gasteiger partial charge in [-0.05, 0) is 63.0 Å². The van der Waals surface area contributed by atoms with Gasteiger partial charge in [-0.3, -0.25) is 0 Å². The van der Waals surface area contributed by atoms with Crippen molar-refractivity contribution in [2.45, 2.75) is 51.4 Å².